The van der Waals surface area contributed by atoms with Gasteiger partial charge in [-0.1, -0.05) is 24.3 Å². The second-order valence-corrected chi connectivity index (χ2v) is 8.58. The van der Waals surface area contributed by atoms with E-state index < -0.39 is 6.10 Å². The number of rotatable bonds is 9. The van der Waals surface area contributed by atoms with Gasteiger partial charge in [0, 0.05) is 24.2 Å². The first kappa shape index (κ1) is 21.1. The molecule has 6 nitrogen and oxygen atoms in total. The van der Waals surface area contributed by atoms with Crippen molar-refractivity contribution in [1.82, 2.24) is 10.6 Å². The second kappa shape index (κ2) is 8.84. The first-order valence-electron chi connectivity index (χ1n) is 10.0. The van der Waals surface area contributed by atoms with Gasteiger partial charge in [0.2, 0.25) is 5.91 Å². The number of carbonyl (C=O) groups excluding carboxylic acids is 1. The number of aliphatic hydroxyl groups excluding tert-OH is 1. The molecule has 1 fully saturated rings. The number of β-amino-alcohol motifs (C(OH)–C–C–N with tert-alkyl or cyclic N) is 1. The van der Waals surface area contributed by atoms with Crippen molar-refractivity contribution in [2.45, 2.75) is 57.2 Å². The molecule has 0 saturated heterocycles. The van der Waals surface area contributed by atoms with Gasteiger partial charge in [-0.05, 0) is 61.9 Å². The third-order valence-electron chi connectivity index (χ3n) is 5.03. The molecule has 1 aliphatic carbocycles. The zero-order valence-electron chi connectivity index (χ0n) is 17.0. The van der Waals surface area contributed by atoms with Crippen LogP contribution in [0.25, 0.3) is 0 Å². The Morgan fingerprint density at radius 2 is 1.76 bits per heavy atom. The van der Waals surface area contributed by atoms with Crippen molar-refractivity contribution < 1.29 is 20.1 Å². The van der Waals surface area contributed by atoms with Gasteiger partial charge in [-0.2, -0.15) is 0 Å². The van der Waals surface area contributed by atoms with Crippen molar-refractivity contribution in [3.05, 3.63) is 59.2 Å². The molecular formula is C23H30N2O4. The molecule has 0 aliphatic heterocycles. The van der Waals surface area contributed by atoms with Gasteiger partial charge < -0.3 is 26.0 Å². The molecule has 0 bridgehead atoms. The summed E-state index contributed by atoms with van der Waals surface area (Å²) >= 11 is 0. The lowest BCUT2D eigenvalue weighted by molar-refractivity contribution is -0.120. The lowest BCUT2D eigenvalue weighted by Crippen LogP contribution is -2.43. The van der Waals surface area contributed by atoms with Crippen LogP contribution < -0.4 is 10.6 Å². The van der Waals surface area contributed by atoms with Crippen LogP contribution in [0, 0.1) is 0 Å². The van der Waals surface area contributed by atoms with Crippen LogP contribution in [0.2, 0.25) is 0 Å². The summed E-state index contributed by atoms with van der Waals surface area (Å²) in [7, 11) is 0. The number of phenols is 2. The fourth-order valence-electron chi connectivity index (χ4n) is 3.42. The molecule has 156 valence electrons. The third kappa shape index (κ3) is 6.76. The van der Waals surface area contributed by atoms with Crippen molar-refractivity contribution in [2.75, 3.05) is 6.54 Å². The second-order valence-electron chi connectivity index (χ2n) is 8.58. The summed E-state index contributed by atoms with van der Waals surface area (Å²) in [6.45, 7) is 4.37. The average molecular weight is 399 g/mol. The van der Waals surface area contributed by atoms with Crippen LogP contribution in [0.15, 0.2) is 42.5 Å². The van der Waals surface area contributed by atoms with Gasteiger partial charge in [0.05, 0.1) is 12.5 Å². The Kier molecular flexibility index (Phi) is 6.45. The van der Waals surface area contributed by atoms with Crippen molar-refractivity contribution in [2.24, 2.45) is 0 Å². The number of benzene rings is 2. The van der Waals surface area contributed by atoms with Crippen molar-refractivity contribution >= 4 is 5.91 Å². The molecule has 3 rings (SSSR count). The van der Waals surface area contributed by atoms with Gasteiger partial charge in [-0.25, -0.2) is 0 Å². The molecular weight excluding hydrogens is 368 g/mol. The van der Waals surface area contributed by atoms with E-state index >= 15 is 0 Å². The van der Waals surface area contributed by atoms with E-state index in [1.165, 1.54) is 18.2 Å². The molecule has 0 heterocycles. The Labute approximate surface area is 171 Å². The van der Waals surface area contributed by atoms with E-state index in [1.807, 2.05) is 32.0 Å². The number of amides is 1. The summed E-state index contributed by atoms with van der Waals surface area (Å²) < 4.78 is 0. The minimum atomic E-state index is -0.857. The smallest absolute Gasteiger partial charge is 0.224 e. The maximum absolute atomic E-state index is 12.0. The summed E-state index contributed by atoms with van der Waals surface area (Å²) in [4.78, 5) is 12.0. The average Bonchev–Trinajstić information content (AvgIpc) is 3.42. The van der Waals surface area contributed by atoms with Crippen LogP contribution >= 0.6 is 0 Å². The van der Waals surface area contributed by atoms with Crippen LogP contribution in [0.4, 0.5) is 0 Å². The zero-order valence-corrected chi connectivity index (χ0v) is 17.0. The van der Waals surface area contributed by atoms with E-state index in [0.717, 1.165) is 30.4 Å². The summed E-state index contributed by atoms with van der Waals surface area (Å²) in [5.74, 6) is -0.0961. The molecule has 0 aromatic heterocycles. The number of phenolic OH excluding ortho intramolecular Hbond substituents is 2. The zero-order chi connectivity index (χ0) is 21.0. The van der Waals surface area contributed by atoms with Gasteiger partial charge in [0.1, 0.15) is 11.5 Å². The standard InChI is InChI=1S/C23H30N2O4/c1-23(2,24-14-21(28)17-10-19(26)12-20(27)11-17)13-16-5-3-4-15(8-16)9-22(29)25-18-6-7-18/h3-5,8,10-12,18,21,24,26-28H,6-7,9,13-14H2,1-2H3,(H,25,29). The summed E-state index contributed by atoms with van der Waals surface area (Å²) in [5.41, 5.74) is 2.26. The maximum Gasteiger partial charge on any atom is 0.224 e. The fraction of sp³-hybridized carbons (Fsp3) is 0.435. The van der Waals surface area contributed by atoms with E-state index in [4.69, 9.17) is 0 Å². The number of aliphatic hydroxyl groups is 1. The molecule has 1 amide bonds. The highest BCUT2D eigenvalue weighted by atomic mass is 16.3. The van der Waals surface area contributed by atoms with Crippen LogP contribution in [0.5, 0.6) is 11.5 Å². The maximum atomic E-state index is 12.0. The molecule has 1 unspecified atom stereocenters. The van der Waals surface area contributed by atoms with Crippen LogP contribution in [0.3, 0.4) is 0 Å². The van der Waals surface area contributed by atoms with E-state index in [1.54, 1.807) is 0 Å². The molecule has 6 heteroatoms. The summed E-state index contributed by atoms with van der Waals surface area (Å²) in [6, 6.07) is 12.5. The molecule has 2 aromatic rings. The fourth-order valence-corrected chi connectivity index (χ4v) is 3.42. The number of aromatic hydroxyl groups is 2. The first-order valence-corrected chi connectivity index (χ1v) is 10.0. The van der Waals surface area contributed by atoms with E-state index in [0.29, 0.717) is 18.0 Å². The number of nitrogens with one attached hydrogen (secondary N) is 2. The van der Waals surface area contributed by atoms with E-state index in [2.05, 4.69) is 16.7 Å². The topological polar surface area (TPSA) is 102 Å². The number of carbonyl (C=O) groups is 1. The molecule has 5 N–H and O–H groups in total. The van der Waals surface area contributed by atoms with Gasteiger partial charge in [0.15, 0.2) is 0 Å². The van der Waals surface area contributed by atoms with E-state index in [-0.39, 0.29) is 29.5 Å². The van der Waals surface area contributed by atoms with Crippen molar-refractivity contribution in [3.63, 3.8) is 0 Å². The van der Waals surface area contributed by atoms with Crippen molar-refractivity contribution in [1.29, 1.82) is 0 Å². The highest BCUT2D eigenvalue weighted by Gasteiger charge is 2.23. The normalized spacial score (nSPS) is 15.1. The van der Waals surface area contributed by atoms with Gasteiger partial charge >= 0.3 is 0 Å². The minimum Gasteiger partial charge on any atom is -0.508 e. The lowest BCUT2D eigenvalue weighted by atomic mass is 9.93. The molecule has 1 atom stereocenters. The molecule has 0 radical (unpaired) electrons. The predicted octanol–water partition coefficient (Wildman–Crippen LogP) is 2.56. The Morgan fingerprint density at radius 3 is 2.41 bits per heavy atom. The quantitative estimate of drug-likeness (QED) is 0.447. The summed E-state index contributed by atoms with van der Waals surface area (Å²) in [6.07, 6.45) is 2.42. The highest BCUT2D eigenvalue weighted by Crippen LogP contribution is 2.25. The molecule has 1 aliphatic rings. The van der Waals surface area contributed by atoms with Gasteiger partial charge in [-0.15, -0.1) is 0 Å². The SMILES string of the molecule is CC(C)(Cc1cccc(CC(=O)NC2CC2)c1)NCC(O)c1cc(O)cc(O)c1. The Hall–Kier alpha value is -2.57. The number of hydrogen-bond donors (Lipinski definition) is 5. The van der Waals surface area contributed by atoms with Crippen LogP contribution in [-0.2, 0) is 17.6 Å². The van der Waals surface area contributed by atoms with Crippen LogP contribution in [0.1, 0.15) is 49.5 Å². The monoisotopic (exact) mass is 398 g/mol. The molecule has 29 heavy (non-hydrogen) atoms. The summed E-state index contributed by atoms with van der Waals surface area (Å²) in [5, 5.41) is 35.9. The van der Waals surface area contributed by atoms with Gasteiger partial charge in [0.25, 0.3) is 0 Å². The van der Waals surface area contributed by atoms with Crippen LogP contribution in [-0.4, -0.2) is 39.4 Å². The molecule has 2 aromatic carbocycles. The molecule has 1 saturated carbocycles. The Balaban J connectivity index is 1.55. The predicted molar refractivity (Wildman–Crippen MR) is 112 cm³/mol. The lowest BCUT2D eigenvalue weighted by Gasteiger charge is -2.28. The Bertz CT molecular complexity index is 841. The Morgan fingerprint density at radius 1 is 1.10 bits per heavy atom. The third-order valence-corrected chi connectivity index (χ3v) is 5.03. The first-order chi connectivity index (χ1) is 13.7. The van der Waals surface area contributed by atoms with E-state index in [9.17, 15) is 20.1 Å². The molecule has 0 spiro atoms. The highest BCUT2D eigenvalue weighted by molar-refractivity contribution is 5.79. The van der Waals surface area contributed by atoms with Crippen molar-refractivity contribution in [3.8, 4) is 11.5 Å². The largest absolute Gasteiger partial charge is 0.508 e. The number of hydrogen-bond acceptors (Lipinski definition) is 5. The van der Waals surface area contributed by atoms with Gasteiger partial charge in [-0.3, -0.25) is 4.79 Å². The minimum absolute atomic E-state index is 0.0690.